The Morgan fingerprint density at radius 1 is 1.26 bits per heavy atom. The van der Waals surface area contributed by atoms with Crippen LogP contribution in [0.5, 0.6) is 0 Å². The van der Waals surface area contributed by atoms with Crippen LogP contribution in [0.15, 0.2) is 18.2 Å². The summed E-state index contributed by atoms with van der Waals surface area (Å²) in [6, 6.07) is 4.90. The summed E-state index contributed by atoms with van der Waals surface area (Å²) in [5.74, 6) is -0.382. The molecule has 0 aromatic heterocycles. The lowest BCUT2D eigenvalue weighted by molar-refractivity contribution is -0.142. The molecule has 1 aromatic rings. The minimum absolute atomic E-state index is 0.0349. The SMILES string of the molecule is O=C(CCc1ccc(Cl)cc1Cl)N1CC(N2C(=O)COC2=O)C1. The van der Waals surface area contributed by atoms with Crippen LogP contribution in [0.25, 0.3) is 0 Å². The van der Waals surface area contributed by atoms with E-state index in [1.54, 1.807) is 23.1 Å². The van der Waals surface area contributed by atoms with Crippen LogP contribution in [-0.4, -0.2) is 53.4 Å². The second kappa shape index (κ2) is 6.37. The van der Waals surface area contributed by atoms with Gasteiger partial charge < -0.3 is 9.64 Å². The van der Waals surface area contributed by atoms with E-state index < -0.39 is 6.09 Å². The number of benzene rings is 1. The van der Waals surface area contributed by atoms with Gasteiger partial charge in [0.15, 0.2) is 6.61 Å². The van der Waals surface area contributed by atoms with E-state index in [2.05, 4.69) is 4.74 Å². The first kappa shape index (κ1) is 16.1. The van der Waals surface area contributed by atoms with Crippen molar-refractivity contribution in [2.24, 2.45) is 0 Å². The Bertz CT molecular complexity index is 657. The van der Waals surface area contributed by atoms with E-state index in [9.17, 15) is 14.4 Å². The number of carbonyl (C=O) groups is 3. The van der Waals surface area contributed by atoms with Gasteiger partial charge >= 0.3 is 6.09 Å². The number of nitrogens with zero attached hydrogens (tertiary/aromatic N) is 2. The molecule has 122 valence electrons. The molecule has 0 atom stereocenters. The molecule has 0 N–H and O–H groups in total. The third-order valence-corrected chi connectivity index (χ3v) is 4.57. The van der Waals surface area contributed by atoms with Crippen LogP contribution < -0.4 is 0 Å². The Balaban J connectivity index is 1.49. The highest BCUT2D eigenvalue weighted by molar-refractivity contribution is 6.35. The number of amides is 3. The molecular formula is C15H14Cl2N2O4. The first-order chi connectivity index (χ1) is 11.0. The van der Waals surface area contributed by atoms with Crippen molar-refractivity contribution in [3.8, 4) is 0 Å². The van der Waals surface area contributed by atoms with Crippen molar-refractivity contribution < 1.29 is 19.1 Å². The number of carbonyl (C=O) groups excluding carboxylic acids is 3. The van der Waals surface area contributed by atoms with E-state index in [4.69, 9.17) is 23.2 Å². The Hall–Kier alpha value is -1.79. The highest BCUT2D eigenvalue weighted by Crippen LogP contribution is 2.24. The number of hydrogen-bond acceptors (Lipinski definition) is 4. The largest absolute Gasteiger partial charge is 0.439 e. The highest BCUT2D eigenvalue weighted by atomic mass is 35.5. The molecule has 2 saturated heterocycles. The number of likely N-dealkylation sites (tertiary alicyclic amines) is 1. The summed E-state index contributed by atoms with van der Waals surface area (Å²) in [6.45, 7) is 0.500. The number of cyclic esters (lactones) is 1. The fraction of sp³-hybridized carbons (Fsp3) is 0.400. The maximum Gasteiger partial charge on any atom is 0.417 e. The fourth-order valence-electron chi connectivity index (χ4n) is 2.66. The zero-order chi connectivity index (χ0) is 16.6. The van der Waals surface area contributed by atoms with Crippen molar-refractivity contribution in [2.45, 2.75) is 18.9 Å². The predicted molar refractivity (Wildman–Crippen MR) is 83.3 cm³/mol. The summed E-state index contributed by atoms with van der Waals surface area (Å²) < 4.78 is 4.67. The maximum atomic E-state index is 12.1. The Morgan fingerprint density at radius 3 is 2.61 bits per heavy atom. The van der Waals surface area contributed by atoms with Gasteiger partial charge in [-0.15, -0.1) is 0 Å². The molecule has 0 saturated carbocycles. The van der Waals surface area contributed by atoms with E-state index in [1.807, 2.05) is 0 Å². The van der Waals surface area contributed by atoms with Crippen LogP contribution in [0, 0.1) is 0 Å². The normalized spacial score (nSPS) is 18.2. The van der Waals surface area contributed by atoms with Gasteiger partial charge in [-0.05, 0) is 24.1 Å². The average Bonchev–Trinajstić information content (AvgIpc) is 2.77. The number of halogens is 2. The maximum absolute atomic E-state index is 12.1. The van der Waals surface area contributed by atoms with Gasteiger partial charge in [0.2, 0.25) is 5.91 Å². The third kappa shape index (κ3) is 3.28. The second-order valence-electron chi connectivity index (χ2n) is 5.51. The van der Waals surface area contributed by atoms with E-state index in [0.29, 0.717) is 36.0 Å². The van der Waals surface area contributed by atoms with Crippen LogP contribution in [0.2, 0.25) is 10.0 Å². The molecule has 2 aliphatic rings. The molecule has 2 fully saturated rings. The summed E-state index contributed by atoms with van der Waals surface area (Å²) in [7, 11) is 0. The minimum atomic E-state index is -0.625. The third-order valence-electron chi connectivity index (χ3n) is 3.99. The standard InChI is InChI=1S/C15H14Cl2N2O4/c16-10-3-1-9(12(17)5-10)2-4-13(20)18-6-11(7-18)19-14(21)8-23-15(19)22/h1,3,5,11H,2,4,6-8H2. The highest BCUT2D eigenvalue weighted by Gasteiger charge is 2.44. The Kier molecular flexibility index (Phi) is 4.46. The van der Waals surface area contributed by atoms with Crippen LogP contribution in [0.1, 0.15) is 12.0 Å². The quantitative estimate of drug-likeness (QED) is 0.828. The molecule has 1 aromatic carbocycles. The lowest BCUT2D eigenvalue weighted by Crippen LogP contribution is -2.62. The second-order valence-corrected chi connectivity index (χ2v) is 6.35. The van der Waals surface area contributed by atoms with E-state index in [0.717, 1.165) is 10.5 Å². The van der Waals surface area contributed by atoms with Gasteiger partial charge in [-0.2, -0.15) is 0 Å². The topological polar surface area (TPSA) is 66.9 Å². The van der Waals surface area contributed by atoms with Crippen molar-refractivity contribution in [2.75, 3.05) is 19.7 Å². The molecule has 2 aliphatic heterocycles. The molecule has 23 heavy (non-hydrogen) atoms. The lowest BCUT2D eigenvalue weighted by atomic mass is 10.0. The van der Waals surface area contributed by atoms with E-state index in [-0.39, 0.29) is 24.5 Å². The molecule has 3 amide bonds. The van der Waals surface area contributed by atoms with Gasteiger partial charge in [0.05, 0.1) is 6.04 Å². The van der Waals surface area contributed by atoms with Crippen molar-refractivity contribution in [3.05, 3.63) is 33.8 Å². The molecule has 0 bridgehead atoms. The zero-order valence-corrected chi connectivity index (χ0v) is 13.6. The molecule has 2 heterocycles. The van der Waals surface area contributed by atoms with Crippen LogP contribution >= 0.6 is 23.2 Å². The zero-order valence-electron chi connectivity index (χ0n) is 12.1. The van der Waals surface area contributed by atoms with Gasteiger partial charge in [0.25, 0.3) is 5.91 Å². The van der Waals surface area contributed by atoms with Crippen molar-refractivity contribution in [1.29, 1.82) is 0 Å². The van der Waals surface area contributed by atoms with E-state index >= 15 is 0 Å². The number of imide groups is 1. The monoisotopic (exact) mass is 356 g/mol. The molecule has 8 heteroatoms. The van der Waals surface area contributed by atoms with Crippen LogP contribution in [0.4, 0.5) is 4.79 Å². The van der Waals surface area contributed by atoms with Crippen molar-refractivity contribution in [1.82, 2.24) is 9.80 Å². The lowest BCUT2D eigenvalue weighted by Gasteiger charge is -2.42. The first-order valence-corrected chi connectivity index (χ1v) is 7.92. The summed E-state index contributed by atoms with van der Waals surface area (Å²) in [4.78, 5) is 37.8. The van der Waals surface area contributed by atoms with Crippen LogP contribution in [-0.2, 0) is 20.7 Å². The smallest absolute Gasteiger partial charge is 0.417 e. The van der Waals surface area contributed by atoms with Gasteiger partial charge in [0.1, 0.15) is 0 Å². The van der Waals surface area contributed by atoms with Gasteiger partial charge in [-0.3, -0.25) is 9.59 Å². The molecule has 0 aliphatic carbocycles. The van der Waals surface area contributed by atoms with Gasteiger partial charge in [-0.1, -0.05) is 29.3 Å². The summed E-state index contributed by atoms with van der Waals surface area (Å²) in [5, 5.41) is 1.09. The number of aryl methyl sites for hydroxylation is 1. The number of rotatable bonds is 4. The number of ether oxygens (including phenoxy) is 1. The minimum Gasteiger partial charge on any atom is -0.439 e. The number of hydrogen-bond donors (Lipinski definition) is 0. The Labute approximate surface area is 142 Å². The molecule has 0 unspecified atom stereocenters. The molecule has 6 nitrogen and oxygen atoms in total. The molecule has 0 spiro atoms. The van der Waals surface area contributed by atoms with Gasteiger partial charge in [0, 0.05) is 29.6 Å². The van der Waals surface area contributed by atoms with Gasteiger partial charge in [-0.25, -0.2) is 9.69 Å². The molecule has 0 radical (unpaired) electrons. The molecular weight excluding hydrogens is 343 g/mol. The first-order valence-electron chi connectivity index (χ1n) is 7.16. The van der Waals surface area contributed by atoms with Crippen molar-refractivity contribution in [3.63, 3.8) is 0 Å². The molecule has 3 rings (SSSR count). The van der Waals surface area contributed by atoms with Crippen molar-refractivity contribution >= 4 is 41.1 Å². The Morgan fingerprint density at radius 2 is 2.00 bits per heavy atom. The van der Waals surface area contributed by atoms with Crippen LogP contribution in [0.3, 0.4) is 0 Å². The summed E-state index contributed by atoms with van der Waals surface area (Å²) >= 11 is 11.9. The summed E-state index contributed by atoms with van der Waals surface area (Å²) in [5.41, 5.74) is 0.861. The average molecular weight is 357 g/mol. The predicted octanol–water partition coefficient (Wildman–Crippen LogP) is 2.12. The summed E-state index contributed by atoms with van der Waals surface area (Å²) in [6.07, 6.45) is 0.202. The fourth-order valence-corrected chi connectivity index (χ4v) is 3.17. The van der Waals surface area contributed by atoms with E-state index in [1.165, 1.54) is 0 Å².